The van der Waals surface area contributed by atoms with E-state index in [4.69, 9.17) is 11.6 Å². The third-order valence-electron chi connectivity index (χ3n) is 3.18. The van der Waals surface area contributed by atoms with Crippen LogP contribution in [-0.4, -0.2) is 21.1 Å². The summed E-state index contributed by atoms with van der Waals surface area (Å²) in [6.07, 6.45) is 7.18. The Morgan fingerprint density at radius 1 is 1.08 bits per heavy atom. The molecule has 0 N–H and O–H groups in total. The molecule has 0 aliphatic rings. The van der Waals surface area contributed by atoms with Gasteiger partial charge in [-0.05, 0) is 23.3 Å². The van der Waals surface area contributed by atoms with Crippen molar-refractivity contribution in [1.29, 1.82) is 0 Å². The third kappa shape index (κ3) is 4.57. The second-order valence-electron chi connectivity index (χ2n) is 4.87. The highest BCUT2D eigenvalue weighted by molar-refractivity contribution is 7.98. The van der Waals surface area contributed by atoms with Crippen molar-refractivity contribution >= 4 is 35.7 Å². The predicted octanol–water partition coefficient (Wildman–Crippen LogP) is 4.77. The minimum absolute atomic E-state index is 0.716. The average Bonchev–Trinajstić information content (AvgIpc) is 3.06. The van der Waals surface area contributed by atoms with Crippen molar-refractivity contribution in [1.82, 2.24) is 14.9 Å². The maximum atomic E-state index is 6.17. The van der Waals surface area contributed by atoms with Crippen LogP contribution in [0.1, 0.15) is 11.1 Å². The van der Waals surface area contributed by atoms with E-state index in [9.17, 15) is 0 Å². The highest BCUT2D eigenvalue weighted by Crippen LogP contribution is 2.25. The minimum atomic E-state index is 0.716. The second kappa shape index (κ2) is 8.47. The van der Waals surface area contributed by atoms with E-state index in [1.54, 1.807) is 29.0 Å². The molecule has 1 heterocycles. The van der Waals surface area contributed by atoms with Gasteiger partial charge in [0.25, 0.3) is 0 Å². The Kier molecular flexibility index (Phi) is 5.82. The van der Waals surface area contributed by atoms with E-state index in [0.717, 1.165) is 21.3 Å². The molecule has 2 aromatic carbocycles. The molecule has 0 aliphatic heterocycles. The molecule has 3 aromatic rings. The smallest absolute Gasteiger partial charge is 0.195 e. The van der Waals surface area contributed by atoms with Crippen LogP contribution in [0.2, 0.25) is 5.02 Å². The topological polar surface area (TPSA) is 43.1 Å². The van der Waals surface area contributed by atoms with Gasteiger partial charge in [-0.15, -0.1) is 10.2 Å². The summed E-state index contributed by atoms with van der Waals surface area (Å²) in [4.78, 5) is 0. The number of halogens is 1. The fourth-order valence-corrected chi connectivity index (χ4v) is 3.13. The number of rotatable bonds is 6. The van der Waals surface area contributed by atoms with Gasteiger partial charge in [0.05, 0.1) is 0 Å². The summed E-state index contributed by atoms with van der Waals surface area (Å²) in [6.45, 7) is 0. The molecule has 0 atom stereocenters. The van der Waals surface area contributed by atoms with Gasteiger partial charge in [0, 0.05) is 17.0 Å². The number of aromatic nitrogens is 3. The highest BCUT2D eigenvalue weighted by atomic mass is 35.5. The number of hydrogen-bond acceptors (Lipinski definition) is 4. The number of thioether (sulfide) groups is 1. The first-order chi connectivity index (χ1) is 11.8. The summed E-state index contributed by atoms with van der Waals surface area (Å²) in [7, 11) is 0. The molecule has 0 spiro atoms. The SMILES string of the molecule is Clc1ccccc1CSc1nncn1/N=C/C=C\c1ccccc1. The maximum absolute atomic E-state index is 6.17. The molecular weight excluding hydrogens is 340 g/mol. The normalized spacial score (nSPS) is 11.5. The molecular formula is C18H15ClN4S. The summed E-state index contributed by atoms with van der Waals surface area (Å²) >= 11 is 7.71. The standard InChI is InChI=1S/C18H15ClN4S/c19-17-11-5-4-10-16(17)13-24-18-22-20-14-23(18)21-12-6-9-15-7-2-1-3-8-15/h1-12,14H,13H2/b9-6-,21-12+. The summed E-state index contributed by atoms with van der Waals surface area (Å²) in [6, 6.07) is 17.8. The molecule has 4 nitrogen and oxygen atoms in total. The van der Waals surface area contributed by atoms with Gasteiger partial charge in [0.2, 0.25) is 5.16 Å². The molecule has 0 saturated carbocycles. The number of hydrogen-bond donors (Lipinski definition) is 0. The van der Waals surface area contributed by atoms with Crippen LogP contribution in [0.4, 0.5) is 0 Å². The van der Waals surface area contributed by atoms with Gasteiger partial charge >= 0.3 is 0 Å². The zero-order valence-corrected chi connectivity index (χ0v) is 14.4. The Hall–Kier alpha value is -2.37. The van der Waals surface area contributed by atoms with Crippen molar-refractivity contribution in [2.75, 3.05) is 0 Å². The summed E-state index contributed by atoms with van der Waals surface area (Å²) < 4.78 is 1.65. The molecule has 0 fully saturated rings. The quantitative estimate of drug-likeness (QED) is 0.473. The van der Waals surface area contributed by atoms with Crippen LogP contribution in [0.15, 0.2) is 77.3 Å². The van der Waals surface area contributed by atoms with E-state index in [1.807, 2.05) is 66.7 Å². The zero-order chi connectivity index (χ0) is 16.6. The van der Waals surface area contributed by atoms with E-state index < -0.39 is 0 Å². The predicted molar refractivity (Wildman–Crippen MR) is 100 cm³/mol. The molecule has 120 valence electrons. The average molecular weight is 355 g/mol. The van der Waals surface area contributed by atoms with E-state index in [1.165, 1.54) is 0 Å². The number of benzene rings is 2. The Balaban J connectivity index is 1.62. The van der Waals surface area contributed by atoms with Crippen molar-refractivity contribution < 1.29 is 0 Å². The fourth-order valence-electron chi connectivity index (χ4n) is 1.98. The summed E-state index contributed by atoms with van der Waals surface area (Å²) in [5, 5.41) is 13.8. The van der Waals surface area contributed by atoms with Crippen molar-refractivity contribution in [3.8, 4) is 0 Å². The van der Waals surface area contributed by atoms with Crippen LogP contribution >= 0.6 is 23.4 Å². The van der Waals surface area contributed by atoms with E-state index >= 15 is 0 Å². The summed E-state index contributed by atoms with van der Waals surface area (Å²) in [5.41, 5.74) is 2.19. The molecule has 0 radical (unpaired) electrons. The maximum Gasteiger partial charge on any atom is 0.212 e. The van der Waals surface area contributed by atoms with Crippen LogP contribution in [-0.2, 0) is 5.75 Å². The van der Waals surface area contributed by atoms with Crippen LogP contribution in [0, 0.1) is 0 Å². The highest BCUT2D eigenvalue weighted by Gasteiger charge is 2.06. The lowest BCUT2D eigenvalue weighted by Gasteiger charge is -2.02. The molecule has 3 rings (SSSR count). The first-order valence-electron chi connectivity index (χ1n) is 7.35. The van der Waals surface area contributed by atoms with Gasteiger partial charge in [-0.3, -0.25) is 0 Å². The van der Waals surface area contributed by atoms with Gasteiger partial charge in [-0.1, -0.05) is 78.0 Å². The van der Waals surface area contributed by atoms with Crippen LogP contribution in [0.3, 0.4) is 0 Å². The largest absolute Gasteiger partial charge is 0.212 e. The lowest BCUT2D eigenvalue weighted by molar-refractivity contribution is 0.767. The molecule has 0 saturated heterocycles. The van der Waals surface area contributed by atoms with E-state index in [0.29, 0.717) is 5.75 Å². The van der Waals surface area contributed by atoms with Crippen molar-refractivity contribution in [2.24, 2.45) is 5.10 Å². The molecule has 0 amide bonds. The van der Waals surface area contributed by atoms with Gasteiger partial charge in [-0.25, -0.2) is 0 Å². The van der Waals surface area contributed by atoms with Crippen molar-refractivity contribution in [3.05, 3.63) is 83.2 Å². The Labute approximate surface area is 149 Å². The molecule has 6 heteroatoms. The van der Waals surface area contributed by atoms with Crippen molar-refractivity contribution in [3.63, 3.8) is 0 Å². The third-order valence-corrected chi connectivity index (χ3v) is 4.53. The van der Waals surface area contributed by atoms with Gasteiger partial charge in [0.15, 0.2) is 0 Å². The van der Waals surface area contributed by atoms with Gasteiger partial charge < -0.3 is 0 Å². The molecule has 0 unspecified atom stereocenters. The van der Waals surface area contributed by atoms with E-state index in [-0.39, 0.29) is 0 Å². The number of nitrogens with zero attached hydrogens (tertiary/aromatic N) is 4. The van der Waals surface area contributed by atoms with Gasteiger partial charge in [0.1, 0.15) is 6.33 Å². The Morgan fingerprint density at radius 3 is 2.71 bits per heavy atom. The fraction of sp³-hybridized carbons (Fsp3) is 0.0556. The van der Waals surface area contributed by atoms with Crippen LogP contribution in [0.25, 0.3) is 6.08 Å². The monoisotopic (exact) mass is 354 g/mol. The van der Waals surface area contributed by atoms with Gasteiger partial charge in [-0.2, -0.15) is 9.78 Å². The minimum Gasteiger partial charge on any atom is -0.195 e. The molecule has 24 heavy (non-hydrogen) atoms. The van der Waals surface area contributed by atoms with Crippen LogP contribution < -0.4 is 0 Å². The Morgan fingerprint density at radius 2 is 1.88 bits per heavy atom. The Bertz CT molecular complexity index is 843. The van der Waals surface area contributed by atoms with E-state index in [2.05, 4.69) is 15.3 Å². The molecule has 0 aliphatic carbocycles. The molecule has 0 bridgehead atoms. The zero-order valence-electron chi connectivity index (χ0n) is 12.8. The first-order valence-corrected chi connectivity index (χ1v) is 8.71. The number of allylic oxidation sites excluding steroid dienone is 1. The lowest BCUT2D eigenvalue weighted by Crippen LogP contribution is -1.91. The molecule has 1 aromatic heterocycles. The lowest BCUT2D eigenvalue weighted by atomic mass is 10.2. The van der Waals surface area contributed by atoms with Crippen molar-refractivity contribution in [2.45, 2.75) is 10.9 Å². The first kappa shape index (κ1) is 16.5. The second-order valence-corrected chi connectivity index (χ2v) is 6.22. The summed E-state index contributed by atoms with van der Waals surface area (Å²) in [5.74, 6) is 0.716. The van der Waals surface area contributed by atoms with Crippen LogP contribution in [0.5, 0.6) is 0 Å².